The zero-order valence-electron chi connectivity index (χ0n) is 9.43. The van der Waals surface area contributed by atoms with Crippen LogP contribution < -0.4 is 5.32 Å². The zero-order valence-corrected chi connectivity index (χ0v) is 9.43. The highest BCUT2D eigenvalue weighted by Crippen LogP contribution is 2.27. The number of hydrogen-bond donors (Lipinski definition) is 1. The predicted octanol–water partition coefficient (Wildman–Crippen LogP) is 3.60. The molecule has 0 saturated heterocycles. The number of rotatable bonds is 4. The van der Waals surface area contributed by atoms with Gasteiger partial charge in [0.05, 0.1) is 0 Å². The van der Waals surface area contributed by atoms with Gasteiger partial charge < -0.3 is 5.32 Å². The lowest BCUT2D eigenvalue weighted by molar-refractivity contribution is -0.136. The molecular formula is C12H16F3N. The normalized spacial score (nSPS) is 13.8. The minimum atomic E-state index is -4.08. The third kappa shape index (κ3) is 4.23. The van der Waals surface area contributed by atoms with Crippen molar-refractivity contribution in [3.05, 3.63) is 35.4 Å². The van der Waals surface area contributed by atoms with Gasteiger partial charge in [0.1, 0.15) is 0 Å². The first kappa shape index (κ1) is 13.0. The second-order valence-electron chi connectivity index (χ2n) is 3.91. The monoisotopic (exact) mass is 231 g/mol. The van der Waals surface area contributed by atoms with E-state index in [0.717, 1.165) is 11.1 Å². The fourth-order valence-corrected chi connectivity index (χ4v) is 1.67. The van der Waals surface area contributed by atoms with Crippen molar-refractivity contribution in [2.45, 2.75) is 32.0 Å². The zero-order chi connectivity index (χ0) is 12.2. The summed E-state index contributed by atoms with van der Waals surface area (Å²) in [7, 11) is 1.68. The number of hydrogen-bond acceptors (Lipinski definition) is 1. The Hall–Kier alpha value is -1.03. The molecule has 1 N–H and O–H groups in total. The highest BCUT2D eigenvalue weighted by Gasteiger charge is 2.28. The Bertz CT molecular complexity index is 333. The van der Waals surface area contributed by atoms with Gasteiger partial charge in [0.15, 0.2) is 0 Å². The number of halogens is 3. The molecule has 1 rings (SSSR count). The quantitative estimate of drug-likeness (QED) is 0.834. The smallest absolute Gasteiger partial charge is 0.313 e. The van der Waals surface area contributed by atoms with E-state index >= 15 is 0 Å². The largest absolute Gasteiger partial charge is 0.389 e. The molecule has 0 radical (unpaired) electrons. The van der Waals surface area contributed by atoms with Crippen molar-refractivity contribution in [2.75, 3.05) is 7.05 Å². The molecule has 0 heterocycles. The van der Waals surface area contributed by atoms with E-state index in [1.807, 2.05) is 31.2 Å². The summed E-state index contributed by atoms with van der Waals surface area (Å²) in [5, 5.41) is 2.92. The lowest BCUT2D eigenvalue weighted by atomic mass is 10.0. The van der Waals surface area contributed by atoms with Crippen LogP contribution in [0.15, 0.2) is 24.3 Å². The fraction of sp³-hybridized carbons (Fsp3) is 0.500. The van der Waals surface area contributed by atoms with E-state index < -0.39 is 12.6 Å². The molecule has 0 bridgehead atoms. The maximum Gasteiger partial charge on any atom is 0.389 e. The van der Waals surface area contributed by atoms with Crippen LogP contribution in [0.3, 0.4) is 0 Å². The van der Waals surface area contributed by atoms with Crippen LogP contribution in [0.1, 0.15) is 30.0 Å². The third-order valence-electron chi connectivity index (χ3n) is 2.51. The Morgan fingerprint density at radius 1 is 1.31 bits per heavy atom. The Kier molecular flexibility index (Phi) is 4.35. The first-order valence-electron chi connectivity index (χ1n) is 5.23. The first-order chi connectivity index (χ1) is 7.42. The predicted molar refractivity (Wildman–Crippen MR) is 58.3 cm³/mol. The lowest BCUT2D eigenvalue weighted by Crippen LogP contribution is -2.19. The molecule has 4 heteroatoms. The molecule has 16 heavy (non-hydrogen) atoms. The first-order valence-corrected chi connectivity index (χ1v) is 5.23. The second kappa shape index (κ2) is 5.34. The summed E-state index contributed by atoms with van der Waals surface area (Å²) < 4.78 is 36.4. The topological polar surface area (TPSA) is 12.0 Å². The van der Waals surface area contributed by atoms with E-state index in [0.29, 0.717) is 0 Å². The summed E-state index contributed by atoms with van der Waals surface area (Å²) in [4.78, 5) is 0. The van der Waals surface area contributed by atoms with Crippen LogP contribution in [-0.2, 0) is 0 Å². The molecule has 1 aromatic rings. The molecule has 0 amide bonds. The summed E-state index contributed by atoms with van der Waals surface area (Å²) in [6, 6.07) is 7.33. The van der Waals surface area contributed by atoms with Gasteiger partial charge in [-0.15, -0.1) is 0 Å². The molecule has 0 saturated carbocycles. The van der Waals surface area contributed by atoms with Gasteiger partial charge in [0.2, 0.25) is 0 Å². The van der Waals surface area contributed by atoms with Crippen molar-refractivity contribution >= 4 is 0 Å². The van der Waals surface area contributed by atoms with Crippen LogP contribution in [0.25, 0.3) is 0 Å². The highest BCUT2D eigenvalue weighted by molar-refractivity contribution is 5.24. The SMILES string of the molecule is CNC(CCC(F)(F)F)c1cccc(C)c1. The van der Waals surface area contributed by atoms with Crippen LogP contribution in [0.4, 0.5) is 13.2 Å². The maximum absolute atomic E-state index is 12.1. The number of benzene rings is 1. The maximum atomic E-state index is 12.1. The number of nitrogens with one attached hydrogen (secondary N) is 1. The second-order valence-corrected chi connectivity index (χ2v) is 3.91. The van der Waals surface area contributed by atoms with Gasteiger partial charge in [-0.2, -0.15) is 13.2 Å². The Morgan fingerprint density at radius 2 is 2.00 bits per heavy atom. The summed E-state index contributed by atoms with van der Waals surface area (Å²) in [6.07, 6.45) is -4.77. The van der Waals surface area contributed by atoms with Crippen LogP contribution in [0.2, 0.25) is 0 Å². The van der Waals surface area contributed by atoms with Crippen LogP contribution in [-0.4, -0.2) is 13.2 Å². The molecule has 1 atom stereocenters. The molecule has 0 aromatic heterocycles. The van der Waals surface area contributed by atoms with Gasteiger partial charge in [0.25, 0.3) is 0 Å². The third-order valence-corrected chi connectivity index (χ3v) is 2.51. The minimum Gasteiger partial charge on any atom is -0.313 e. The summed E-state index contributed by atoms with van der Waals surface area (Å²) in [6.45, 7) is 1.93. The lowest BCUT2D eigenvalue weighted by Gasteiger charge is -2.18. The van der Waals surface area contributed by atoms with E-state index in [4.69, 9.17) is 0 Å². The Labute approximate surface area is 93.7 Å². The van der Waals surface area contributed by atoms with Crippen molar-refractivity contribution in [3.8, 4) is 0 Å². The van der Waals surface area contributed by atoms with Gasteiger partial charge >= 0.3 is 6.18 Å². The van der Waals surface area contributed by atoms with E-state index in [1.165, 1.54) is 0 Å². The molecule has 0 spiro atoms. The van der Waals surface area contributed by atoms with Crippen molar-refractivity contribution in [1.29, 1.82) is 0 Å². The molecule has 1 unspecified atom stereocenters. The van der Waals surface area contributed by atoms with Gasteiger partial charge in [-0.25, -0.2) is 0 Å². The number of aryl methyl sites for hydroxylation is 1. The fourth-order valence-electron chi connectivity index (χ4n) is 1.67. The van der Waals surface area contributed by atoms with Crippen LogP contribution in [0, 0.1) is 6.92 Å². The molecular weight excluding hydrogens is 215 g/mol. The summed E-state index contributed by atoms with van der Waals surface area (Å²) in [5.74, 6) is 0. The van der Waals surface area contributed by atoms with Crippen LogP contribution in [0.5, 0.6) is 0 Å². The summed E-state index contributed by atoms with van der Waals surface area (Å²) in [5.41, 5.74) is 1.97. The van der Waals surface area contributed by atoms with E-state index in [-0.39, 0.29) is 12.5 Å². The summed E-state index contributed by atoms with van der Waals surface area (Å²) >= 11 is 0. The van der Waals surface area contributed by atoms with E-state index in [1.54, 1.807) is 7.05 Å². The molecule has 0 aliphatic carbocycles. The highest BCUT2D eigenvalue weighted by atomic mass is 19.4. The van der Waals surface area contributed by atoms with Crippen molar-refractivity contribution in [3.63, 3.8) is 0 Å². The van der Waals surface area contributed by atoms with E-state index in [2.05, 4.69) is 5.32 Å². The molecule has 0 aliphatic rings. The minimum absolute atomic E-state index is 0.0729. The average Bonchev–Trinajstić information content (AvgIpc) is 2.17. The van der Waals surface area contributed by atoms with Crippen molar-refractivity contribution < 1.29 is 13.2 Å². The molecule has 1 nitrogen and oxygen atoms in total. The Balaban J connectivity index is 2.68. The molecule has 90 valence electrons. The van der Waals surface area contributed by atoms with Crippen LogP contribution >= 0.6 is 0 Å². The van der Waals surface area contributed by atoms with Crippen molar-refractivity contribution in [1.82, 2.24) is 5.32 Å². The van der Waals surface area contributed by atoms with Gasteiger partial charge in [-0.1, -0.05) is 29.8 Å². The van der Waals surface area contributed by atoms with Gasteiger partial charge in [0, 0.05) is 12.5 Å². The van der Waals surface area contributed by atoms with Gasteiger partial charge in [-0.05, 0) is 26.0 Å². The molecule has 0 fully saturated rings. The van der Waals surface area contributed by atoms with Gasteiger partial charge in [-0.3, -0.25) is 0 Å². The Morgan fingerprint density at radius 3 is 2.50 bits per heavy atom. The average molecular weight is 231 g/mol. The van der Waals surface area contributed by atoms with Crippen molar-refractivity contribution in [2.24, 2.45) is 0 Å². The van der Waals surface area contributed by atoms with E-state index in [9.17, 15) is 13.2 Å². The molecule has 1 aromatic carbocycles. The molecule has 0 aliphatic heterocycles. The number of alkyl halides is 3. The standard InChI is InChI=1S/C12H16F3N/c1-9-4-3-5-10(8-9)11(16-2)6-7-12(13,14)15/h3-5,8,11,16H,6-7H2,1-2H3.